The number of hydrogen-bond donors (Lipinski definition) is 1. The second-order valence-electron chi connectivity index (χ2n) is 5.66. The number of allylic oxidation sites excluding steroid dienone is 1. The molecule has 0 saturated carbocycles. The monoisotopic (exact) mass is 197 g/mol. The van der Waals surface area contributed by atoms with Crippen LogP contribution in [0.2, 0.25) is 0 Å². The van der Waals surface area contributed by atoms with E-state index in [1.165, 1.54) is 12.8 Å². The van der Waals surface area contributed by atoms with Gasteiger partial charge in [0.25, 0.3) is 0 Å². The summed E-state index contributed by atoms with van der Waals surface area (Å²) in [7, 11) is 0. The molecule has 0 atom stereocenters. The van der Waals surface area contributed by atoms with Crippen molar-refractivity contribution in [2.45, 2.75) is 66.3 Å². The predicted octanol–water partition coefficient (Wildman–Crippen LogP) is 4.10. The SMILES string of the molecule is C=C(CC)NC(C)(C)CC(C)(C)CC. The molecule has 1 N–H and O–H groups in total. The van der Waals surface area contributed by atoms with Crippen LogP contribution in [0.25, 0.3) is 0 Å². The van der Waals surface area contributed by atoms with Crippen LogP contribution in [0.5, 0.6) is 0 Å². The van der Waals surface area contributed by atoms with Gasteiger partial charge in [-0.2, -0.15) is 0 Å². The molecule has 14 heavy (non-hydrogen) atoms. The van der Waals surface area contributed by atoms with E-state index in [1.807, 2.05) is 0 Å². The van der Waals surface area contributed by atoms with E-state index in [0.717, 1.165) is 12.1 Å². The van der Waals surface area contributed by atoms with Crippen molar-refractivity contribution >= 4 is 0 Å². The Balaban J connectivity index is 4.26. The van der Waals surface area contributed by atoms with Crippen molar-refractivity contribution in [2.75, 3.05) is 0 Å². The molecule has 0 heterocycles. The van der Waals surface area contributed by atoms with Gasteiger partial charge in [-0.3, -0.25) is 0 Å². The largest absolute Gasteiger partial charge is 0.384 e. The van der Waals surface area contributed by atoms with Gasteiger partial charge in [0.2, 0.25) is 0 Å². The van der Waals surface area contributed by atoms with Crippen molar-refractivity contribution < 1.29 is 0 Å². The molecule has 0 bridgehead atoms. The van der Waals surface area contributed by atoms with Gasteiger partial charge in [-0.05, 0) is 32.1 Å². The first-order valence-corrected chi connectivity index (χ1v) is 5.68. The minimum atomic E-state index is 0.159. The van der Waals surface area contributed by atoms with Gasteiger partial charge < -0.3 is 5.32 Å². The second kappa shape index (κ2) is 4.86. The molecule has 0 spiro atoms. The van der Waals surface area contributed by atoms with Gasteiger partial charge in [0.05, 0.1) is 0 Å². The molecule has 0 unspecified atom stereocenters. The molecule has 84 valence electrons. The Labute approximate surface area is 90.0 Å². The Morgan fingerprint density at radius 2 is 1.64 bits per heavy atom. The van der Waals surface area contributed by atoms with Crippen molar-refractivity contribution in [1.82, 2.24) is 5.32 Å². The molecule has 1 heteroatoms. The van der Waals surface area contributed by atoms with Gasteiger partial charge in [0.1, 0.15) is 0 Å². The summed E-state index contributed by atoms with van der Waals surface area (Å²) in [5.41, 5.74) is 1.71. The quantitative estimate of drug-likeness (QED) is 0.676. The van der Waals surface area contributed by atoms with Crippen molar-refractivity contribution in [1.29, 1.82) is 0 Å². The fourth-order valence-electron chi connectivity index (χ4n) is 1.93. The standard InChI is InChI=1S/C13H27N/c1-8-11(3)14-13(6,7)10-12(4,5)9-2/h14H,3,8-10H2,1-2,4-7H3. The minimum absolute atomic E-state index is 0.159. The van der Waals surface area contributed by atoms with Gasteiger partial charge in [-0.15, -0.1) is 0 Å². The molecule has 0 radical (unpaired) electrons. The summed E-state index contributed by atoms with van der Waals surface area (Å²) >= 11 is 0. The minimum Gasteiger partial charge on any atom is -0.384 e. The van der Waals surface area contributed by atoms with Crippen LogP contribution < -0.4 is 5.32 Å². The maximum absolute atomic E-state index is 4.00. The first-order chi connectivity index (χ1) is 6.22. The molecule has 0 amide bonds. The van der Waals surface area contributed by atoms with E-state index in [1.54, 1.807) is 0 Å². The van der Waals surface area contributed by atoms with Crippen LogP contribution in [0.1, 0.15) is 60.8 Å². The van der Waals surface area contributed by atoms with E-state index in [0.29, 0.717) is 5.41 Å². The third kappa shape index (κ3) is 5.31. The van der Waals surface area contributed by atoms with Gasteiger partial charge in [-0.25, -0.2) is 0 Å². The first-order valence-electron chi connectivity index (χ1n) is 5.68. The van der Waals surface area contributed by atoms with Crippen LogP contribution in [-0.4, -0.2) is 5.54 Å². The van der Waals surface area contributed by atoms with Crippen LogP contribution in [-0.2, 0) is 0 Å². The topological polar surface area (TPSA) is 12.0 Å². The highest BCUT2D eigenvalue weighted by Gasteiger charge is 2.27. The summed E-state index contributed by atoms with van der Waals surface area (Å²) in [5, 5.41) is 3.50. The zero-order chi connectivity index (χ0) is 11.4. The fourth-order valence-corrected chi connectivity index (χ4v) is 1.93. The van der Waals surface area contributed by atoms with Crippen molar-refractivity contribution in [3.05, 3.63) is 12.3 Å². The van der Waals surface area contributed by atoms with Crippen molar-refractivity contribution in [3.63, 3.8) is 0 Å². The van der Waals surface area contributed by atoms with Gasteiger partial charge in [0, 0.05) is 11.2 Å². The van der Waals surface area contributed by atoms with Crippen LogP contribution in [0, 0.1) is 5.41 Å². The third-order valence-corrected chi connectivity index (χ3v) is 2.82. The first kappa shape index (κ1) is 13.5. The molecule has 1 nitrogen and oxygen atoms in total. The Bertz CT molecular complexity index is 189. The Morgan fingerprint density at radius 1 is 1.14 bits per heavy atom. The maximum atomic E-state index is 4.00. The summed E-state index contributed by atoms with van der Waals surface area (Å²) in [6, 6.07) is 0. The number of hydrogen-bond acceptors (Lipinski definition) is 1. The van der Waals surface area contributed by atoms with E-state index in [9.17, 15) is 0 Å². The van der Waals surface area contributed by atoms with Crippen molar-refractivity contribution in [2.24, 2.45) is 5.41 Å². The van der Waals surface area contributed by atoms with Crippen molar-refractivity contribution in [3.8, 4) is 0 Å². The Kier molecular flexibility index (Phi) is 4.70. The lowest BCUT2D eigenvalue weighted by Gasteiger charge is -2.36. The lowest BCUT2D eigenvalue weighted by atomic mass is 9.78. The summed E-state index contributed by atoms with van der Waals surface area (Å²) in [6.45, 7) is 17.6. The normalized spacial score (nSPS) is 12.7. The molecule has 0 fully saturated rings. The zero-order valence-electron chi connectivity index (χ0n) is 10.8. The fraction of sp³-hybridized carbons (Fsp3) is 0.846. The molecule has 0 aliphatic carbocycles. The molecular weight excluding hydrogens is 170 g/mol. The van der Waals surface area contributed by atoms with E-state index < -0.39 is 0 Å². The average Bonchev–Trinajstić information content (AvgIpc) is 2.01. The highest BCUT2D eigenvalue weighted by molar-refractivity contribution is 4.98. The summed E-state index contributed by atoms with van der Waals surface area (Å²) < 4.78 is 0. The molecule has 0 aliphatic heterocycles. The smallest absolute Gasteiger partial charge is 0.0319 e. The average molecular weight is 197 g/mol. The van der Waals surface area contributed by atoms with Crippen LogP contribution >= 0.6 is 0 Å². The molecular formula is C13H27N. The zero-order valence-corrected chi connectivity index (χ0v) is 10.8. The van der Waals surface area contributed by atoms with E-state index in [4.69, 9.17) is 0 Å². The van der Waals surface area contributed by atoms with Crippen LogP contribution in [0.4, 0.5) is 0 Å². The maximum Gasteiger partial charge on any atom is 0.0319 e. The Hall–Kier alpha value is -0.460. The van der Waals surface area contributed by atoms with Gasteiger partial charge in [-0.1, -0.05) is 40.7 Å². The van der Waals surface area contributed by atoms with E-state index >= 15 is 0 Å². The summed E-state index contributed by atoms with van der Waals surface area (Å²) in [6.07, 6.45) is 3.40. The molecule has 0 rings (SSSR count). The van der Waals surface area contributed by atoms with Crippen LogP contribution in [0.15, 0.2) is 12.3 Å². The number of nitrogens with one attached hydrogen (secondary N) is 1. The lowest BCUT2D eigenvalue weighted by molar-refractivity contribution is 0.226. The van der Waals surface area contributed by atoms with Gasteiger partial charge in [0.15, 0.2) is 0 Å². The molecule has 0 aromatic carbocycles. The molecule has 0 aromatic heterocycles. The third-order valence-electron chi connectivity index (χ3n) is 2.82. The summed E-state index contributed by atoms with van der Waals surface area (Å²) in [5.74, 6) is 0. The molecule has 0 aliphatic rings. The highest BCUT2D eigenvalue weighted by atomic mass is 15.0. The molecule has 0 saturated heterocycles. The lowest BCUT2D eigenvalue weighted by Crippen LogP contribution is -2.41. The van der Waals surface area contributed by atoms with E-state index in [2.05, 4.69) is 53.4 Å². The highest BCUT2D eigenvalue weighted by Crippen LogP contribution is 2.31. The second-order valence-corrected chi connectivity index (χ2v) is 5.66. The predicted molar refractivity (Wildman–Crippen MR) is 65.3 cm³/mol. The molecule has 0 aromatic rings. The van der Waals surface area contributed by atoms with Crippen LogP contribution in [0.3, 0.4) is 0 Å². The Morgan fingerprint density at radius 3 is 2.00 bits per heavy atom. The van der Waals surface area contributed by atoms with E-state index in [-0.39, 0.29) is 5.54 Å². The number of rotatable bonds is 6. The summed E-state index contributed by atoms with van der Waals surface area (Å²) in [4.78, 5) is 0. The van der Waals surface area contributed by atoms with Gasteiger partial charge >= 0.3 is 0 Å².